The van der Waals surface area contributed by atoms with Gasteiger partial charge in [0.2, 0.25) is 5.60 Å². The highest BCUT2D eigenvalue weighted by molar-refractivity contribution is 5.88. The number of hydrogen-bond donors (Lipinski definition) is 2. The molecule has 320 valence electrons. The van der Waals surface area contributed by atoms with Gasteiger partial charge in [-0.15, -0.1) is 0 Å². The first-order valence-corrected chi connectivity index (χ1v) is 21.5. The van der Waals surface area contributed by atoms with E-state index in [1.807, 2.05) is 61.4 Å². The Morgan fingerprint density at radius 3 is 2.55 bits per heavy atom. The van der Waals surface area contributed by atoms with Crippen molar-refractivity contribution in [2.75, 3.05) is 52.3 Å². The van der Waals surface area contributed by atoms with Crippen LogP contribution in [0.15, 0.2) is 48.6 Å². The number of ether oxygens (including phenoxy) is 5. The molecule has 3 saturated heterocycles. The lowest BCUT2D eigenvalue weighted by Gasteiger charge is -2.63. The standard InChI is InChI=1S/C46H56N4O10/c1-8-42-15-12-17-49-18-16-44(38(42)49)31-20-32(35(56-6)21-34(31)48(5)39(44)46(54,41(53)57-7)40(42)58-26(3)51)45(59-27(4)52)22-28-19-36-43(9-2,60-36)25-50(55,23-28)24-30-29-13-10-11-14-33(29)47-37(30)45/h10-15,20-21,28,36,38-40,47,54H,8-9,16-19,22-25H2,1-7H3/t28-,36+,38+,39-,40-,42-,43-,44-,45+,46+,50?/m1/s1. The zero-order valence-electron chi connectivity index (χ0n) is 35.5. The molecule has 2 bridgehead atoms. The van der Waals surface area contributed by atoms with Gasteiger partial charge in [-0.2, -0.15) is 0 Å². The van der Waals surface area contributed by atoms with E-state index >= 15 is 5.21 Å². The molecule has 1 aliphatic carbocycles. The Balaban J connectivity index is 1.27. The number of aliphatic hydroxyl groups is 1. The van der Waals surface area contributed by atoms with Crippen LogP contribution in [0, 0.1) is 16.5 Å². The summed E-state index contributed by atoms with van der Waals surface area (Å²) in [7, 11) is 4.70. The summed E-state index contributed by atoms with van der Waals surface area (Å²) in [6.07, 6.45) is 5.43. The second-order valence-corrected chi connectivity index (χ2v) is 18.8. The summed E-state index contributed by atoms with van der Waals surface area (Å²) in [6, 6.07) is 10.7. The van der Waals surface area contributed by atoms with Crippen LogP contribution < -0.4 is 9.64 Å². The number of epoxide rings is 1. The van der Waals surface area contributed by atoms with Gasteiger partial charge in [-0.1, -0.05) is 44.2 Å². The van der Waals surface area contributed by atoms with E-state index in [0.29, 0.717) is 62.4 Å². The van der Waals surface area contributed by atoms with Gasteiger partial charge in [0.15, 0.2) is 11.7 Å². The first kappa shape index (κ1) is 39.7. The Morgan fingerprint density at radius 1 is 1.07 bits per heavy atom. The van der Waals surface area contributed by atoms with Gasteiger partial charge in [-0.25, -0.2) is 4.79 Å². The molecule has 1 unspecified atom stereocenters. The number of aromatic amines is 1. The van der Waals surface area contributed by atoms with Crippen LogP contribution in [0.4, 0.5) is 5.69 Å². The summed E-state index contributed by atoms with van der Waals surface area (Å²) in [4.78, 5) is 49.2. The molecule has 1 saturated carbocycles. The number of aromatic nitrogens is 1. The van der Waals surface area contributed by atoms with Crippen LogP contribution in [0.25, 0.3) is 10.9 Å². The minimum Gasteiger partial charge on any atom is -0.632 e. The third-order valence-electron chi connectivity index (χ3n) is 15.9. The number of fused-ring (bicyclic) bond motifs is 7. The van der Waals surface area contributed by atoms with Gasteiger partial charge in [-0.3, -0.25) is 14.5 Å². The third-order valence-corrected chi connectivity index (χ3v) is 15.9. The van der Waals surface area contributed by atoms with Crippen LogP contribution in [0.5, 0.6) is 5.75 Å². The lowest BCUT2D eigenvalue weighted by Crippen LogP contribution is -2.81. The smallest absolute Gasteiger partial charge is 0.344 e. The maximum atomic E-state index is 15.2. The van der Waals surface area contributed by atoms with E-state index in [2.05, 4.69) is 22.9 Å². The summed E-state index contributed by atoms with van der Waals surface area (Å²) in [6.45, 7) is 8.95. The van der Waals surface area contributed by atoms with Crippen LogP contribution in [-0.4, -0.2) is 120 Å². The van der Waals surface area contributed by atoms with E-state index in [-0.39, 0.29) is 31.0 Å². The molecule has 1 spiro atoms. The second kappa shape index (κ2) is 13.0. The summed E-state index contributed by atoms with van der Waals surface area (Å²) < 4.78 is 30.8. The minimum atomic E-state index is -2.31. The average molecular weight is 825 g/mol. The number of para-hydroxylation sites is 1. The number of hydroxylamine groups is 3. The fourth-order valence-corrected chi connectivity index (χ4v) is 14.0. The Bertz CT molecular complexity index is 2360. The quantitative estimate of drug-likeness (QED) is 0.0843. The molecule has 1 aromatic heterocycles. The number of hydrogen-bond acceptors (Lipinski definition) is 12. The highest BCUT2D eigenvalue weighted by atomic mass is 16.6. The van der Waals surface area contributed by atoms with Crippen molar-refractivity contribution in [2.45, 2.75) is 113 Å². The van der Waals surface area contributed by atoms with Gasteiger partial charge in [0, 0.05) is 90.4 Å². The summed E-state index contributed by atoms with van der Waals surface area (Å²) in [5.41, 5.74) is -1.70. The van der Waals surface area contributed by atoms with Crippen molar-refractivity contribution in [3.8, 4) is 5.75 Å². The molecule has 7 heterocycles. The summed E-state index contributed by atoms with van der Waals surface area (Å²) in [5.74, 6) is -1.74. The number of carbonyl (C=O) groups is 3. The van der Waals surface area contributed by atoms with E-state index < -0.39 is 62.3 Å². The van der Waals surface area contributed by atoms with E-state index in [1.165, 1.54) is 21.0 Å². The van der Waals surface area contributed by atoms with Crippen molar-refractivity contribution in [3.63, 3.8) is 0 Å². The monoisotopic (exact) mass is 824 g/mol. The molecule has 0 radical (unpaired) electrons. The fourth-order valence-electron chi connectivity index (χ4n) is 14.0. The van der Waals surface area contributed by atoms with Gasteiger partial charge in [-0.05, 0) is 49.9 Å². The molecule has 14 nitrogen and oxygen atoms in total. The normalized spacial score (nSPS) is 39.5. The number of likely N-dealkylation sites (N-methyl/N-ethyl adjacent to an activating group) is 1. The highest BCUT2D eigenvalue weighted by Gasteiger charge is 2.80. The number of quaternary nitrogens is 1. The molecule has 3 aromatic rings. The predicted octanol–water partition coefficient (Wildman–Crippen LogP) is 4.72. The SMILES string of the molecule is CC[C@@]12C[N+]3([O-])Cc4c([nH]c5ccccc45)[C@@](OC(C)=O)(c4cc5c(cc4OC)N(C)[C@H]4[C@@](O)(C(=O)OC)[C@H](OC(C)=O)[C@]6(CC)C=CCN7CC[C@]54[C@@H]76)C[C@@H](C[C@@H]1O2)C3. The second-order valence-electron chi connectivity index (χ2n) is 18.8. The van der Waals surface area contributed by atoms with Crippen LogP contribution >= 0.6 is 0 Å². The van der Waals surface area contributed by atoms with Crippen molar-refractivity contribution >= 4 is 34.5 Å². The Kier molecular flexibility index (Phi) is 8.61. The summed E-state index contributed by atoms with van der Waals surface area (Å²) in [5, 5.41) is 29.4. The molecule has 60 heavy (non-hydrogen) atoms. The Hall–Kier alpha value is -4.47. The molecule has 14 heteroatoms. The van der Waals surface area contributed by atoms with Gasteiger partial charge in [0.05, 0.1) is 38.6 Å². The number of methoxy groups -OCH3 is 2. The number of H-pyrrole nitrogens is 1. The lowest BCUT2D eigenvalue weighted by molar-refractivity contribution is -0.900. The predicted molar refractivity (Wildman–Crippen MR) is 220 cm³/mol. The summed E-state index contributed by atoms with van der Waals surface area (Å²) >= 11 is 0. The lowest BCUT2D eigenvalue weighted by atomic mass is 9.47. The highest BCUT2D eigenvalue weighted by Crippen LogP contribution is 2.68. The molecular formula is C46H56N4O10. The molecule has 6 aliphatic heterocycles. The van der Waals surface area contributed by atoms with Crippen LogP contribution in [0.3, 0.4) is 0 Å². The van der Waals surface area contributed by atoms with Crippen molar-refractivity contribution in [2.24, 2.45) is 11.3 Å². The van der Waals surface area contributed by atoms with E-state index in [9.17, 15) is 19.5 Å². The third kappa shape index (κ3) is 4.96. The number of nitrogens with zero attached hydrogens (tertiary/aromatic N) is 3. The number of benzene rings is 2. The number of anilines is 1. The first-order valence-electron chi connectivity index (χ1n) is 21.5. The zero-order chi connectivity index (χ0) is 42.4. The number of esters is 3. The van der Waals surface area contributed by atoms with Gasteiger partial charge < -0.3 is 48.5 Å². The molecule has 7 aliphatic rings. The maximum absolute atomic E-state index is 15.2. The van der Waals surface area contributed by atoms with Crippen molar-refractivity contribution in [3.05, 3.63) is 76.1 Å². The van der Waals surface area contributed by atoms with Crippen molar-refractivity contribution < 1.29 is 47.8 Å². The fraction of sp³-hybridized carbons (Fsp3) is 0.587. The molecule has 0 amide bonds. The first-order chi connectivity index (χ1) is 28.6. The average Bonchev–Trinajstić information content (AvgIpc) is 3.44. The zero-order valence-corrected chi connectivity index (χ0v) is 35.5. The molecule has 11 atom stereocenters. The topological polar surface area (TPSA) is 166 Å². The maximum Gasteiger partial charge on any atom is 0.344 e. The number of nitrogens with one attached hydrogen (secondary N) is 1. The molecule has 2 aromatic carbocycles. The Labute approximate surface area is 349 Å². The van der Waals surface area contributed by atoms with Gasteiger partial charge >= 0.3 is 17.9 Å². The van der Waals surface area contributed by atoms with Crippen LogP contribution in [-0.2, 0) is 50.9 Å². The van der Waals surface area contributed by atoms with Crippen molar-refractivity contribution in [1.82, 2.24) is 9.88 Å². The molecule has 2 N–H and O–H groups in total. The number of carbonyl (C=O) groups excluding carboxylic acids is 3. The van der Waals surface area contributed by atoms with Crippen LogP contribution in [0.1, 0.15) is 82.2 Å². The van der Waals surface area contributed by atoms with E-state index in [4.69, 9.17) is 23.7 Å². The Morgan fingerprint density at radius 2 is 1.85 bits per heavy atom. The van der Waals surface area contributed by atoms with Gasteiger partial charge in [0.1, 0.15) is 24.4 Å². The van der Waals surface area contributed by atoms with Crippen molar-refractivity contribution in [1.29, 1.82) is 0 Å². The van der Waals surface area contributed by atoms with E-state index in [0.717, 1.165) is 34.1 Å². The molecular weight excluding hydrogens is 769 g/mol. The minimum absolute atomic E-state index is 0.0747. The van der Waals surface area contributed by atoms with Gasteiger partial charge in [0.25, 0.3) is 0 Å². The van der Waals surface area contributed by atoms with Crippen LogP contribution in [0.2, 0.25) is 0 Å². The largest absolute Gasteiger partial charge is 0.632 e. The molecule has 4 fully saturated rings. The molecule has 10 rings (SSSR count). The van der Waals surface area contributed by atoms with E-state index in [1.54, 1.807) is 7.11 Å². The number of rotatable bonds is 7.